The second-order valence-corrected chi connectivity index (χ2v) is 7.61. The van der Waals surface area contributed by atoms with Crippen molar-refractivity contribution in [2.45, 2.75) is 19.1 Å². The van der Waals surface area contributed by atoms with E-state index in [4.69, 9.17) is 9.47 Å². The van der Waals surface area contributed by atoms with Crippen molar-refractivity contribution in [3.05, 3.63) is 39.8 Å². The predicted octanol–water partition coefficient (Wildman–Crippen LogP) is 1.19. The number of likely N-dealkylation sites (N-methyl/N-ethyl adjacent to an activating group) is 1. The van der Waals surface area contributed by atoms with Crippen molar-refractivity contribution < 1.29 is 19.2 Å². The van der Waals surface area contributed by atoms with Crippen LogP contribution in [0.25, 0.3) is 0 Å². The summed E-state index contributed by atoms with van der Waals surface area (Å²) in [7, 11) is 5.45. The summed E-state index contributed by atoms with van der Waals surface area (Å²) in [6.45, 7) is 2.05. The number of hydrogen-bond acceptors (Lipinski definition) is 5. The molecule has 3 N–H and O–H groups in total. The third-order valence-corrected chi connectivity index (χ3v) is 6.04. The van der Waals surface area contributed by atoms with E-state index < -0.39 is 0 Å². The zero-order valence-corrected chi connectivity index (χ0v) is 15.4. The van der Waals surface area contributed by atoms with Crippen LogP contribution < -0.4 is 25.0 Å². The number of thiophene rings is 1. The summed E-state index contributed by atoms with van der Waals surface area (Å²) in [6.07, 6.45) is 0.616. The summed E-state index contributed by atoms with van der Waals surface area (Å²) in [4.78, 5) is 15.6. The predicted molar refractivity (Wildman–Crippen MR) is 96.9 cm³/mol. The Labute approximate surface area is 150 Å². The van der Waals surface area contributed by atoms with Crippen LogP contribution in [-0.2, 0) is 13.0 Å². The molecule has 2 aromatic rings. The van der Waals surface area contributed by atoms with Crippen molar-refractivity contribution >= 4 is 22.2 Å². The number of carbonyl (C=O) groups excluding carboxylic acids is 1. The van der Waals surface area contributed by atoms with Gasteiger partial charge in [0.1, 0.15) is 29.2 Å². The average Bonchev–Trinajstić information content (AvgIpc) is 2.98. The first-order valence-electron chi connectivity index (χ1n) is 8.36. The molecule has 6 nitrogen and oxygen atoms in total. The number of ether oxygens (including phenoxy) is 2. The minimum absolute atomic E-state index is 0.0133. The Hall–Kier alpha value is -2.25. The SMILES string of the molecule is COc1ccc(OC)c([C@@H]2NC(=O)c3c(sc4c3CC[NH+](C)C4)N2)c1. The quantitative estimate of drug-likeness (QED) is 0.769. The number of carbonyl (C=O) groups is 1. The molecule has 1 amide bonds. The summed E-state index contributed by atoms with van der Waals surface area (Å²) >= 11 is 1.70. The highest BCUT2D eigenvalue weighted by Gasteiger charge is 2.34. The Morgan fingerprint density at radius 1 is 1.24 bits per heavy atom. The van der Waals surface area contributed by atoms with Gasteiger partial charge < -0.3 is 25.0 Å². The molecular formula is C18H22N3O3S+. The molecule has 0 saturated heterocycles. The van der Waals surface area contributed by atoms with E-state index in [1.807, 2.05) is 18.2 Å². The summed E-state index contributed by atoms with van der Waals surface area (Å²) in [5.41, 5.74) is 2.90. The lowest BCUT2D eigenvalue weighted by Crippen LogP contribution is -3.08. The number of amides is 1. The zero-order chi connectivity index (χ0) is 17.6. The van der Waals surface area contributed by atoms with Crippen LogP contribution in [-0.4, -0.2) is 33.7 Å². The Morgan fingerprint density at radius 2 is 2.08 bits per heavy atom. The van der Waals surface area contributed by atoms with Gasteiger partial charge in [-0.05, 0) is 23.8 Å². The van der Waals surface area contributed by atoms with Crippen molar-refractivity contribution in [1.82, 2.24) is 5.32 Å². The summed E-state index contributed by atoms with van der Waals surface area (Å²) in [5, 5.41) is 7.52. The number of fused-ring (bicyclic) bond motifs is 3. The maximum absolute atomic E-state index is 12.8. The number of hydrogen-bond donors (Lipinski definition) is 3. The molecule has 0 aliphatic carbocycles. The highest BCUT2D eigenvalue weighted by Crippen LogP contribution is 2.40. The molecule has 7 heteroatoms. The van der Waals surface area contributed by atoms with Gasteiger partial charge >= 0.3 is 0 Å². The van der Waals surface area contributed by atoms with Crippen LogP contribution >= 0.6 is 11.3 Å². The van der Waals surface area contributed by atoms with Gasteiger partial charge in [0, 0.05) is 12.0 Å². The normalized spacial score (nSPS) is 21.6. The van der Waals surface area contributed by atoms with Crippen LogP contribution in [0.15, 0.2) is 18.2 Å². The molecule has 0 saturated carbocycles. The van der Waals surface area contributed by atoms with Crippen molar-refractivity contribution in [1.29, 1.82) is 0 Å². The van der Waals surface area contributed by atoms with Crippen molar-refractivity contribution in [3.8, 4) is 11.5 Å². The van der Waals surface area contributed by atoms with E-state index >= 15 is 0 Å². The lowest BCUT2D eigenvalue weighted by atomic mass is 10.0. The summed E-state index contributed by atoms with van der Waals surface area (Å²) < 4.78 is 10.8. The van der Waals surface area contributed by atoms with E-state index in [0.717, 1.165) is 41.4 Å². The van der Waals surface area contributed by atoms with Gasteiger partial charge in [-0.3, -0.25) is 4.79 Å². The number of nitrogens with one attached hydrogen (secondary N) is 3. The van der Waals surface area contributed by atoms with Gasteiger partial charge in [0.25, 0.3) is 5.91 Å². The van der Waals surface area contributed by atoms with Gasteiger partial charge in [0.2, 0.25) is 0 Å². The fourth-order valence-corrected chi connectivity index (χ4v) is 4.94. The third kappa shape index (κ3) is 2.73. The molecule has 4 rings (SSSR count). The number of anilines is 1. The standard InChI is InChI=1S/C18H21N3O3S/c1-21-7-6-11-14(9-21)25-18-15(11)17(22)19-16(20-18)12-8-10(23-2)4-5-13(12)24-3/h4-5,8,16,20H,6-7,9H2,1-3H3,(H,19,22)/p+1/t16-/m1/s1. The van der Waals surface area contributed by atoms with Crippen molar-refractivity contribution in [3.63, 3.8) is 0 Å². The monoisotopic (exact) mass is 360 g/mol. The van der Waals surface area contributed by atoms with E-state index in [1.54, 1.807) is 25.6 Å². The number of rotatable bonds is 3. The minimum Gasteiger partial charge on any atom is -0.497 e. The van der Waals surface area contributed by atoms with E-state index in [9.17, 15) is 4.79 Å². The number of quaternary nitrogens is 1. The molecule has 0 fully saturated rings. The second kappa shape index (κ2) is 6.24. The van der Waals surface area contributed by atoms with Gasteiger partial charge in [-0.15, -0.1) is 11.3 Å². The Morgan fingerprint density at radius 3 is 2.84 bits per heavy atom. The van der Waals surface area contributed by atoms with Gasteiger partial charge in [-0.25, -0.2) is 0 Å². The van der Waals surface area contributed by atoms with Crippen molar-refractivity contribution in [2.24, 2.45) is 0 Å². The van der Waals surface area contributed by atoms with E-state index in [2.05, 4.69) is 17.7 Å². The molecule has 0 spiro atoms. The second-order valence-electron chi connectivity index (χ2n) is 6.50. The highest BCUT2D eigenvalue weighted by atomic mass is 32.1. The first-order valence-corrected chi connectivity index (χ1v) is 9.17. The Kier molecular flexibility index (Phi) is 4.05. The lowest BCUT2D eigenvalue weighted by Gasteiger charge is -2.28. The molecule has 3 heterocycles. The largest absolute Gasteiger partial charge is 0.497 e. The van der Waals surface area contributed by atoms with E-state index in [1.165, 1.54) is 15.3 Å². The van der Waals surface area contributed by atoms with Gasteiger partial charge in [0.15, 0.2) is 0 Å². The average molecular weight is 360 g/mol. The van der Waals surface area contributed by atoms with E-state index in [0.29, 0.717) is 5.75 Å². The van der Waals surface area contributed by atoms with Crippen LogP contribution in [0.5, 0.6) is 11.5 Å². The van der Waals surface area contributed by atoms with Crippen LogP contribution in [0.3, 0.4) is 0 Å². The maximum atomic E-state index is 12.8. The topological polar surface area (TPSA) is 64.0 Å². The molecule has 25 heavy (non-hydrogen) atoms. The molecule has 2 aliphatic heterocycles. The molecule has 0 radical (unpaired) electrons. The lowest BCUT2D eigenvalue weighted by molar-refractivity contribution is -0.895. The molecule has 1 aromatic carbocycles. The van der Waals surface area contributed by atoms with Gasteiger partial charge in [-0.2, -0.15) is 0 Å². The minimum atomic E-state index is -0.338. The number of benzene rings is 1. The molecule has 2 aliphatic rings. The Balaban J connectivity index is 1.72. The highest BCUT2D eigenvalue weighted by molar-refractivity contribution is 7.16. The maximum Gasteiger partial charge on any atom is 0.256 e. The molecular weight excluding hydrogens is 338 g/mol. The van der Waals surface area contributed by atoms with Crippen LogP contribution in [0.4, 0.5) is 5.00 Å². The molecule has 0 bridgehead atoms. The smallest absolute Gasteiger partial charge is 0.256 e. The fourth-order valence-electron chi connectivity index (χ4n) is 3.55. The molecule has 132 valence electrons. The van der Waals surface area contributed by atoms with Crippen LogP contribution in [0, 0.1) is 0 Å². The molecule has 1 unspecified atom stereocenters. The first-order chi connectivity index (χ1) is 12.1. The first kappa shape index (κ1) is 16.2. The van der Waals surface area contributed by atoms with E-state index in [-0.39, 0.29) is 12.1 Å². The van der Waals surface area contributed by atoms with Crippen LogP contribution in [0.1, 0.15) is 32.5 Å². The molecule has 2 atom stereocenters. The fraction of sp³-hybridized carbons (Fsp3) is 0.389. The number of methoxy groups -OCH3 is 2. The summed E-state index contributed by atoms with van der Waals surface area (Å²) in [5.74, 6) is 1.43. The van der Waals surface area contributed by atoms with Gasteiger partial charge in [-0.1, -0.05) is 0 Å². The third-order valence-electron chi connectivity index (χ3n) is 4.88. The Bertz CT molecular complexity index is 833. The molecule has 1 aromatic heterocycles. The van der Waals surface area contributed by atoms with Crippen LogP contribution in [0.2, 0.25) is 0 Å². The van der Waals surface area contributed by atoms with Crippen molar-refractivity contribution in [2.75, 3.05) is 33.1 Å². The van der Waals surface area contributed by atoms with Gasteiger partial charge in [0.05, 0.1) is 38.3 Å². The zero-order valence-electron chi connectivity index (χ0n) is 14.6. The summed E-state index contributed by atoms with van der Waals surface area (Å²) in [6, 6.07) is 5.60.